The van der Waals surface area contributed by atoms with E-state index < -0.39 is 6.04 Å². The molecule has 1 aromatic heterocycles. The highest BCUT2D eigenvalue weighted by atomic mass is 16.5. The maximum absolute atomic E-state index is 12.3. The highest BCUT2D eigenvalue weighted by molar-refractivity contribution is 5.97. The molecule has 170 valence electrons. The summed E-state index contributed by atoms with van der Waals surface area (Å²) in [6.45, 7) is 1.85. The molecule has 0 fully saturated rings. The molecule has 0 saturated carbocycles. The number of rotatable bonds is 9. The van der Waals surface area contributed by atoms with Crippen LogP contribution >= 0.6 is 0 Å². The van der Waals surface area contributed by atoms with Crippen molar-refractivity contribution in [1.29, 1.82) is 0 Å². The Balaban J connectivity index is 2.07. The standard InChI is InChI=1S/C22H27N5O5/c1-6-14(23)22(28)24-15-9-12(7-8-16(15)29-2)19-20(26-27-25-19)13-10-17(30-3)21(32-5)18(11-13)31-4/h7-11,14H,6,23H2,1-5H3,(H,24,28)(H,25,26,27). The lowest BCUT2D eigenvalue weighted by Gasteiger charge is -2.15. The van der Waals surface area contributed by atoms with Crippen LogP contribution in [0.15, 0.2) is 30.3 Å². The van der Waals surface area contributed by atoms with Crippen LogP contribution in [0.1, 0.15) is 13.3 Å². The molecule has 0 bridgehead atoms. The Morgan fingerprint density at radius 2 is 1.66 bits per heavy atom. The molecule has 3 rings (SSSR count). The summed E-state index contributed by atoms with van der Waals surface area (Å²) in [5, 5.41) is 14.0. The van der Waals surface area contributed by atoms with Gasteiger partial charge in [-0.05, 0) is 36.8 Å². The van der Waals surface area contributed by atoms with Gasteiger partial charge in [-0.2, -0.15) is 0 Å². The van der Waals surface area contributed by atoms with Gasteiger partial charge in [-0.25, -0.2) is 0 Å². The van der Waals surface area contributed by atoms with Crippen LogP contribution < -0.4 is 30.0 Å². The average Bonchev–Trinajstić information content (AvgIpc) is 3.32. The summed E-state index contributed by atoms with van der Waals surface area (Å²) in [6.07, 6.45) is 0.517. The van der Waals surface area contributed by atoms with Gasteiger partial charge in [0.2, 0.25) is 11.7 Å². The average molecular weight is 441 g/mol. The zero-order valence-electron chi connectivity index (χ0n) is 18.7. The van der Waals surface area contributed by atoms with E-state index in [1.165, 1.54) is 7.11 Å². The highest BCUT2D eigenvalue weighted by Gasteiger charge is 2.20. The Labute approximate surface area is 186 Å². The summed E-state index contributed by atoms with van der Waals surface area (Å²) in [7, 11) is 6.16. The fourth-order valence-electron chi connectivity index (χ4n) is 3.22. The van der Waals surface area contributed by atoms with Crippen LogP contribution in [0.4, 0.5) is 5.69 Å². The Hall–Kier alpha value is -3.79. The maximum Gasteiger partial charge on any atom is 0.241 e. The van der Waals surface area contributed by atoms with Crippen LogP contribution in [0.3, 0.4) is 0 Å². The largest absolute Gasteiger partial charge is 0.495 e. The second-order valence-corrected chi connectivity index (χ2v) is 6.87. The second-order valence-electron chi connectivity index (χ2n) is 6.87. The predicted molar refractivity (Wildman–Crippen MR) is 120 cm³/mol. The zero-order valence-corrected chi connectivity index (χ0v) is 18.7. The van der Waals surface area contributed by atoms with Crippen molar-refractivity contribution >= 4 is 11.6 Å². The van der Waals surface area contributed by atoms with E-state index >= 15 is 0 Å². The molecule has 0 aliphatic rings. The molecule has 32 heavy (non-hydrogen) atoms. The van der Waals surface area contributed by atoms with Crippen LogP contribution in [0.5, 0.6) is 23.0 Å². The molecule has 10 heteroatoms. The number of carbonyl (C=O) groups is 1. The van der Waals surface area contributed by atoms with Gasteiger partial charge in [0, 0.05) is 11.1 Å². The first kappa shape index (κ1) is 22.9. The number of benzene rings is 2. The quantitative estimate of drug-likeness (QED) is 0.462. The molecule has 2 aromatic carbocycles. The third-order valence-electron chi connectivity index (χ3n) is 5.01. The monoisotopic (exact) mass is 441 g/mol. The van der Waals surface area contributed by atoms with Gasteiger partial charge in [0.25, 0.3) is 0 Å². The van der Waals surface area contributed by atoms with Crippen molar-refractivity contribution in [2.24, 2.45) is 5.73 Å². The number of carbonyl (C=O) groups excluding carboxylic acids is 1. The molecular formula is C22H27N5O5. The first-order valence-electron chi connectivity index (χ1n) is 9.93. The van der Waals surface area contributed by atoms with Gasteiger partial charge < -0.3 is 30.0 Å². The minimum absolute atomic E-state index is 0.296. The van der Waals surface area contributed by atoms with Gasteiger partial charge in [0.15, 0.2) is 11.5 Å². The van der Waals surface area contributed by atoms with E-state index in [4.69, 9.17) is 24.7 Å². The molecule has 3 aromatic rings. The van der Waals surface area contributed by atoms with Crippen LogP contribution in [-0.4, -0.2) is 55.8 Å². The Kier molecular flexibility index (Phi) is 7.16. The van der Waals surface area contributed by atoms with E-state index in [9.17, 15) is 4.79 Å². The lowest BCUT2D eigenvalue weighted by molar-refractivity contribution is -0.117. The van der Waals surface area contributed by atoms with Gasteiger partial charge in [0.1, 0.15) is 11.4 Å². The van der Waals surface area contributed by atoms with Crippen molar-refractivity contribution < 1.29 is 23.7 Å². The molecular weight excluding hydrogens is 414 g/mol. The zero-order chi connectivity index (χ0) is 23.3. The number of amides is 1. The van der Waals surface area contributed by atoms with Gasteiger partial charge in [-0.15, -0.1) is 5.10 Å². The number of nitrogens with zero attached hydrogens (tertiary/aromatic N) is 2. The molecule has 0 spiro atoms. The third-order valence-corrected chi connectivity index (χ3v) is 5.01. The first-order chi connectivity index (χ1) is 15.5. The van der Waals surface area contributed by atoms with Crippen molar-refractivity contribution in [3.8, 4) is 45.5 Å². The SMILES string of the molecule is CCC(N)C(=O)Nc1cc(-c2[nH]nnc2-c2cc(OC)c(OC)c(OC)c2)ccc1OC. The highest BCUT2D eigenvalue weighted by Crippen LogP contribution is 2.42. The minimum Gasteiger partial charge on any atom is -0.495 e. The second kappa shape index (κ2) is 10.0. The number of nitrogens with two attached hydrogens (primary N) is 1. The fraction of sp³-hybridized carbons (Fsp3) is 0.318. The molecule has 0 aliphatic heterocycles. The summed E-state index contributed by atoms with van der Waals surface area (Å²) in [5.74, 6) is 1.67. The normalized spacial score (nSPS) is 11.6. The molecule has 1 unspecified atom stereocenters. The molecule has 1 heterocycles. The summed E-state index contributed by atoms with van der Waals surface area (Å²) < 4.78 is 21.7. The molecule has 1 amide bonds. The van der Waals surface area contributed by atoms with Crippen molar-refractivity contribution in [3.63, 3.8) is 0 Å². The van der Waals surface area contributed by atoms with E-state index in [0.717, 1.165) is 5.56 Å². The number of methoxy groups -OCH3 is 4. The van der Waals surface area contributed by atoms with Crippen LogP contribution in [0.2, 0.25) is 0 Å². The van der Waals surface area contributed by atoms with Crippen LogP contribution in [0.25, 0.3) is 22.5 Å². The third kappa shape index (κ3) is 4.45. The van der Waals surface area contributed by atoms with Crippen molar-refractivity contribution in [3.05, 3.63) is 30.3 Å². The molecule has 0 saturated heterocycles. The Morgan fingerprint density at radius 1 is 1.00 bits per heavy atom. The number of aromatic nitrogens is 3. The molecule has 0 aliphatic carbocycles. The summed E-state index contributed by atoms with van der Waals surface area (Å²) >= 11 is 0. The number of nitrogens with one attached hydrogen (secondary N) is 2. The van der Waals surface area contributed by atoms with E-state index in [1.807, 2.05) is 13.0 Å². The molecule has 4 N–H and O–H groups in total. The number of H-pyrrole nitrogens is 1. The summed E-state index contributed by atoms with van der Waals surface area (Å²) in [6, 6.07) is 8.32. The Morgan fingerprint density at radius 3 is 2.22 bits per heavy atom. The van der Waals surface area contributed by atoms with Gasteiger partial charge in [-0.1, -0.05) is 12.1 Å². The van der Waals surface area contributed by atoms with E-state index in [-0.39, 0.29) is 5.91 Å². The smallest absolute Gasteiger partial charge is 0.241 e. The van der Waals surface area contributed by atoms with E-state index in [2.05, 4.69) is 20.7 Å². The van der Waals surface area contributed by atoms with E-state index in [1.54, 1.807) is 45.6 Å². The number of ether oxygens (including phenoxy) is 4. The van der Waals surface area contributed by atoms with Crippen molar-refractivity contribution in [2.75, 3.05) is 33.8 Å². The molecule has 1 atom stereocenters. The maximum atomic E-state index is 12.3. The lowest BCUT2D eigenvalue weighted by Crippen LogP contribution is -2.34. The van der Waals surface area contributed by atoms with Gasteiger partial charge in [0.05, 0.1) is 45.9 Å². The molecule has 0 radical (unpaired) electrons. The molecule has 10 nitrogen and oxygen atoms in total. The van der Waals surface area contributed by atoms with Crippen LogP contribution in [0, 0.1) is 0 Å². The summed E-state index contributed by atoms with van der Waals surface area (Å²) in [4.78, 5) is 12.3. The number of anilines is 1. The lowest BCUT2D eigenvalue weighted by atomic mass is 10.0. The number of aromatic amines is 1. The van der Waals surface area contributed by atoms with Crippen molar-refractivity contribution in [1.82, 2.24) is 15.4 Å². The first-order valence-corrected chi connectivity index (χ1v) is 9.93. The van der Waals surface area contributed by atoms with Crippen LogP contribution in [-0.2, 0) is 4.79 Å². The van der Waals surface area contributed by atoms with E-state index in [0.29, 0.717) is 52.1 Å². The van der Waals surface area contributed by atoms with Gasteiger partial charge >= 0.3 is 0 Å². The summed E-state index contributed by atoms with van der Waals surface area (Å²) in [5.41, 5.74) is 8.99. The Bertz CT molecular complexity index is 1070. The van der Waals surface area contributed by atoms with Crippen molar-refractivity contribution in [2.45, 2.75) is 19.4 Å². The number of hydrogen-bond acceptors (Lipinski definition) is 8. The topological polar surface area (TPSA) is 134 Å². The fourth-order valence-corrected chi connectivity index (χ4v) is 3.22. The minimum atomic E-state index is -0.619. The number of hydrogen-bond donors (Lipinski definition) is 3. The van der Waals surface area contributed by atoms with Gasteiger partial charge in [-0.3, -0.25) is 9.89 Å². The predicted octanol–water partition coefficient (Wildman–Crippen LogP) is 2.85.